The number of ether oxygens (including phenoxy) is 1. The highest BCUT2D eigenvalue weighted by molar-refractivity contribution is 6.29. The average Bonchev–Trinajstić information content (AvgIpc) is 2.54. The van der Waals surface area contributed by atoms with Gasteiger partial charge in [-0.25, -0.2) is 4.79 Å². The lowest BCUT2D eigenvalue weighted by atomic mass is 9.75. The van der Waals surface area contributed by atoms with E-state index in [1.807, 2.05) is 0 Å². The van der Waals surface area contributed by atoms with Crippen LogP contribution in [0.2, 0.25) is 0 Å². The summed E-state index contributed by atoms with van der Waals surface area (Å²) in [7, 11) is 0. The van der Waals surface area contributed by atoms with Gasteiger partial charge in [0.05, 0.1) is 11.3 Å². The fourth-order valence-electron chi connectivity index (χ4n) is 3.40. The summed E-state index contributed by atoms with van der Waals surface area (Å²) in [6.45, 7) is 6.55. The minimum absolute atomic E-state index is 0.0713. The first-order valence-corrected chi connectivity index (χ1v) is 9.11. The molecule has 0 saturated heterocycles. The lowest BCUT2D eigenvalue weighted by Crippen LogP contribution is -2.36. The van der Waals surface area contributed by atoms with E-state index in [0.717, 1.165) is 12.8 Å². The normalized spacial score (nSPS) is 23.8. The Bertz CT molecular complexity index is 588. The van der Waals surface area contributed by atoms with Crippen molar-refractivity contribution in [1.82, 2.24) is 0 Å². The molecule has 4 nitrogen and oxygen atoms in total. The molecule has 3 atom stereocenters. The van der Waals surface area contributed by atoms with Crippen molar-refractivity contribution in [3.05, 3.63) is 29.8 Å². The Labute approximate surface area is 148 Å². The molecule has 1 N–H and O–H groups in total. The maximum atomic E-state index is 12.7. The van der Waals surface area contributed by atoms with Gasteiger partial charge in [-0.1, -0.05) is 39.3 Å². The zero-order valence-corrected chi connectivity index (χ0v) is 15.3. The first-order chi connectivity index (χ1) is 11.4. The molecule has 24 heavy (non-hydrogen) atoms. The van der Waals surface area contributed by atoms with Crippen molar-refractivity contribution in [2.24, 2.45) is 17.8 Å². The van der Waals surface area contributed by atoms with Crippen molar-refractivity contribution in [2.45, 2.75) is 46.1 Å². The van der Waals surface area contributed by atoms with Crippen LogP contribution in [0.15, 0.2) is 24.3 Å². The summed E-state index contributed by atoms with van der Waals surface area (Å²) in [6.07, 6.45) is 3.09. The van der Waals surface area contributed by atoms with Crippen LogP contribution in [-0.2, 0) is 9.53 Å². The Morgan fingerprint density at radius 3 is 2.67 bits per heavy atom. The number of benzene rings is 1. The zero-order chi connectivity index (χ0) is 17.7. The number of rotatable bonds is 5. The van der Waals surface area contributed by atoms with Crippen LogP contribution < -0.4 is 5.32 Å². The molecule has 1 aliphatic rings. The third-order valence-electron chi connectivity index (χ3n) is 4.76. The highest BCUT2D eigenvalue weighted by Crippen LogP contribution is 2.36. The van der Waals surface area contributed by atoms with E-state index in [2.05, 4.69) is 26.1 Å². The van der Waals surface area contributed by atoms with E-state index in [9.17, 15) is 9.59 Å². The minimum atomic E-state index is -0.384. The molecule has 0 aliphatic heterocycles. The second-order valence-corrected chi connectivity index (χ2v) is 7.26. The van der Waals surface area contributed by atoms with Crippen molar-refractivity contribution >= 4 is 29.2 Å². The zero-order valence-electron chi connectivity index (χ0n) is 14.5. The first kappa shape index (κ1) is 18.8. The molecular weight excluding hydrogens is 326 g/mol. The molecule has 1 fully saturated rings. The standard InChI is InChI=1S/C19H26ClNO3/c1-12(2)14-9-8-13(3)10-17(14)24-19(23)15-6-4-5-7-16(15)21-18(22)11-20/h4-7,12-14,17H,8-11H2,1-3H3,(H,21,22)/t13-,14+,17-/m0/s1. The molecule has 1 aromatic rings. The van der Waals surface area contributed by atoms with Gasteiger partial charge in [0.2, 0.25) is 5.91 Å². The van der Waals surface area contributed by atoms with Crippen LogP contribution in [0, 0.1) is 17.8 Å². The van der Waals surface area contributed by atoms with Gasteiger partial charge in [-0.05, 0) is 42.7 Å². The van der Waals surface area contributed by atoms with E-state index in [-0.39, 0.29) is 23.9 Å². The Kier molecular flexibility index (Phi) is 6.67. The molecule has 1 amide bonds. The molecule has 5 heteroatoms. The Morgan fingerprint density at radius 1 is 1.29 bits per heavy atom. The third-order valence-corrected chi connectivity index (χ3v) is 5.00. The topological polar surface area (TPSA) is 55.4 Å². The smallest absolute Gasteiger partial charge is 0.340 e. The van der Waals surface area contributed by atoms with Crippen LogP contribution in [0.5, 0.6) is 0 Å². The Balaban J connectivity index is 2.15. The van der Waals surface area contributed by atoms with Crippen LogP contribution in [0.1, 0.15) is 50.4 Å². The summed E-state index contributed by atoms with van der Waals surface area (Å²) in [5.41, 5.74) is 0.815. The number of para-hydroxylation sites is 1. The monoisotopic (exact) mass is 351 g/mol. The van der Waals surface area contributed by atoms with E-state index in [0.29, 0.717) is 29.0 Å². The number of alkyl halides is 1. The summed E-state index contributed by atoms with van der Waals surface area (Å²) in [4.78, 5) is 24.2. The molecule has 0 spiro atoms. The maximum Gasteiger partial charge on any atom is 0.340 e. The largest absolute Gasteiger partial charge is 0.458 e. The maximum absolute atomic E-state index is 12.7. The van der Waals surface area contributed by atoms with Gasteiger partial charge in [-0.15, -0.1) is 11.6 Å². The Morgan fingerprint density at radius 2 is 2.00 bits per heavy atom. The highest BCUT2D eigenvalue weighted by Gasteiger charge is 2.34. The fourth-order valence-corrected chi connectivity index (χ4v) is 3.47. The number of hydrogen-bond acceptors (Lipinski definition) is 3. The van der Waals surface area contributed by atoms with Crippen LogP contribution in [0.25, 0.3) is 0 Å². The van der Waals surface area contributed by atoms with E-state index in [4.69, 9.17) is 16.3 Å². The van der Waals surface area contributed by atoms with Gasteiger partial charge in [0, 0.05) is 0 Å². The number of nitrogens with one attached hydrogen (secondary N) is 1. The van der Waals surface area contributed by atoms with Crippen molar-refractivity contribution in [3.8, 4) is 0 Å². The first-order valence-electron chi connectivity index (χ1n) is 8.58. The summed E-state index contributed by atoms with van der Waals surface area (Å²) in [5, 5.41) is 2.65. The second kappa shape index (κ2) is 8.52. The number of hydrogen-bond donors (Lipinski definition) is 1. The van der Waals surface area contributed by atoms with E-state index in [1.54, 1.807) is 24.3 Å². The number of carbonyl (C=O) groups is 2. The van der Waals surface area contributed by atoms with Crippen LogP contribution in [0.3, 0.4) is 0 Å². The van der Waals surface area contributed by atoms with Gasteiger partial charge in [-0.2, -0.15) is 0 Å². The predicted octanol–water partition coefficient (Wildman–Crippen LogP) is 4.48. The van der Waals surface area contributed by atoms with Gasteiger partial charge < -0.3 is 10.1 Å². The van der Waals surface area contributed by atoms with Gasteiger partial charge in [-0.3, -0.25) is 4.79 Å². The number of esters is 1. The summed E-state index contributed by atoms with van der Waals surface area (Å²) >= 11 is 5.53. The number of halogens is 1. The molecular formula is C19H26ClNO3. The number of anilines is 1. The minimum Gasteiger partial charge on any atom is -0.458 e. The SMILES string of the molecule is CC(C)[C@H]1CC[C@H](C)C[C@@H]1OC(=O)c1ccccc1NC(=O)CCl. The third kappa shape index (κ3) is 4.73. The van der Waals surface area contributed by atoms with Gasteiger partial charge in [0.1, 0.15) is 12.0 Å². The summed E-state index contributed by atoms with van der Waals surface area (Å²) in [5.74, 6) is 0.535. The number of carbonyl (C=O) groups excluding carboxylic acids is 2. The van der Waals surface area contributed by atoms with Crippen molar-refractivity contribution < 1.29 is 14.3 Å². The van der Waals surface area contributed by atoms with Gasteiger partial charge in [0.15, 0.2) is 0 Å². The molecule has 132 valence electrons. The van der Waals surface area contributed by atoms with Gasteiger partial charge in [0.25, 0.3) is 0 Å². The molecule has 0 bridgehead atoms. The number of amides is 1. The molecule has 0 heterocycles. The molecule has 1 aromatic carbocycles. The summed E-state index contributed by atoms with van der Waals surface area (Å²) in [6, 6.07) is 6.88. The van der Waals surface area contributed by atoms with E-state index in [1.165, 1.54) is 6.42 Å². The van der Waals surface area contributed by atoms with Crippen LogP contribution in [-0.4, -0.2) is 23.9 Å². The Hall–Kier alpha value is -1.55. The van der Waals surface area contributed by atoms with Crippen molar-refractivity contribution in [3.63, 3.8) is 0 Å². The molecule has 0 aromatic heterocycles. The average molecular weight is 352 g/mol. The fraction of sp³-hybridized carbons (Fsp3) is 0.579. The van der Waals surface area contributed by atoms with Crippen LogP contribution in [0.4, 0.5) is 5.69 Å². The van der Waals surface area contributed by atoms with E-state index < -0.39 is 0 Å². The lowest BCUT2D eigenvalue weighted by molar-refractivity contribution is -0.113. The lowest BCUT2D eigenvalue weighted by Gasteiger charge is -2.36. The van der Waals surface area contributed by atoms with Crippen molar-refractivity contribution in [2.75, 3.05) is 11.2 Å². The predicted molar refractivity (Wildman–Crippen MR) is 96.3 cm³/mol. The van der Waals surface area contributed by atoms with E-state index >= 15 is 0 Å². The van der Waals surface area contributed by atoms with Gasteiger partial charge >= 0.3 is 5.97 Å². The van der Waals surface area contributed by atoms with Crippen LogP contribution >= 0.6 is 11.6 Å². The molecule has 2 rings (SSSR count). The highest BCUT2D eigenvalue weighted by atomic mass is 35.5. The molecule has 1 aliphatic carbocycles. The van der Waals surface area contributed by atoms with Crippen molar-refractivity contribution in [1.29, 1.82) is 0 Å². The molecule has 1 saturated carbocycles. The summed E-state index contributed by atoms with van der Waals surface area (Å²) < 4.78 is 5.85. The molecule has 0 unspecified atom stereocenters. The quantitative estimate of drug-likeness (QED) is 0.628. The second-order valence-electron chi connectivity index (χ2n) is 7.00. The molecule has 0 radical (unpaired) electrons.